The number of fused-ring (bicyclic) bond motifs is 2. The minimum absolute atomic E-state index is 0.0392. The first-order valence-electron chi connectivity index (χ1n) is 12.6. The number of rotatable bonds is 6. The van der Waals surface area contributed by atoms with Crippen LogP contribution in [0.25, 0.3) is 10.9 Å². The molecule has 1 fully saturated rings. The molecule has 9 nitrogen and oxygen atoms in total. The topological polar surface area (TPSA) is 85.8 Å². The number of likely N-dealkylation sites (N-methyl/N-ethyl adjacent to an activating group) is 1. The zero-order valence-corrected chi connectivity index (χ0v) is 21.4. The summed E-state index contributed by atoms with van der Waals surface area (Å²) in [5, 5.41) is 1.13. The van der Waals surface area contributed by atoms with Crippen molar-refractivity contribution in [1.82, 2.24) is 24.8 Å². The number of piperazine rings is 1. The number of aromatic nitrogens is 3. The molecule has 2 aliphatic heterocycles. The molecule has 0 radical (unpaired) electrons. The molecule has 1 saturated heterocycles. The summed E-state index contributed by atoms with van der Waals surface area (Å²) in [6.07, 6.45) is 2.65. The van der Waals surface area contributed by atoms with Gasteiger partial charge in [0.05, 0.1) is 12.1 Å². The molecule has 3 aromatic rings. The van der Waals surface area contributed by atoms with Crippen LogP contribution in [0.4, 0.5) is 11.8 Å². The number of amides is 2. The van der Waals surface area contributed by atoms with Crippen molar-refractivity contribution in [3.63, 3.8) is 0 Å². The second kappa shape index (κ2) is 9.72. The van der Waals surface area contributed by atoms with Gasteiger partial charge < -0.3 is 19.6 Å². The Morgan fingerprint density at radius 2 is 1.89 bits per heavy atom. The number of nitrogens with zero attached hydrogens (tertiary/aromatic N) is 7. The van der Waals surface area contributed by atoms with E-state index in [0.717, 1.165) is 35.2 Å². The normalized spacial score (nSPS) is 15.7. The largest absolute Gasteiger partial charge is 0.359 e. The van der Waals surface area contributed by atoms with Gasteiger partial charge in [0.25, 0.3) is 5.91 Å². The Labute approximate surface area is 211 Å². The molecule has 2 aromatic heterocycles. The van der Waals surface area contributed by atoms with Gasteiger partial charge in [-0.25, -0.2) is 4.98 Å². The van der Waals surface area contributed by atoms with Crippen molar-refractivity contribution in [3.05, 3.63) is 53.3 Å². The molecule has 188 valence electrons. The first-order chi connectivity index (χ1) is 17.3. The van der Waals surface area contributed by atoms with E-state index in [1.165, 1.54) is 5.56 Å². The molecule has 2 aliphatic rings. The molecule has 0 atom stereocenters. The predicted octanol–water partition coefficient (Wildman–Crippen LogP) is 2.74. The van der Waals surface area contributed by atoms with Crippen molar-refractivity contribution in [2.75, 3.05) is 49.6 Å². The lowest BCUT2D eigenvalue weighted by atomic mass is 10.1. The summed E-state index contributed by atoms with van der Waals surface area (Å²) in [6.45, 7) is 9.47. The van der Waals surface area contributed by atoms with Gasteiger partial charge in [0.2, 0.25) is 11.9 Å². The van der Waals surface area contributed by atoms with Crippen molar-refractivity contribution < 1.29 is 9.59 Å². The maximum atomic E-state index is 13.2. The third-order valence-electron chi connectivity index (χ3n) is 7.16. The van der Waals surface area contributed by atoms with Crippen LogP contribution in [0.2, 0.25) is 0 Å². The van der Waals surface area contributed by atoms with Crippen molar-refractivity contribution in [2.45, 2.75) is 39.8 Å². The molecule has 4 heterocycles. The number of benzene rings is 1. The summed E-state index contributed by atoms with van der Waals surface area (Å²) in [5.74, 6) is 1.41. The molecule has 0 bridgehead atoms. The van der Waals surface area contributed by atoms with E-state index in [2.05, 4.69) is 39.0 Å². The SMILES string of the molecule is CC(=O)N1CCN(c2nc3c(c(N(C)CCc4ccc5ncccc5c4)n2)CN(C(C)C)C3=O)CC1. The van der Waals surface area contributed by atoms with Crippen LogP contribution in [0, 0.1) is 0 Å². The van der Waals surface area contributed by atoms with Crippen LogP contribution in [-0.4, -0.2) is 82.4 Å². The van der Waals surface area contributed by atoms with Crippen LogP contribution in [0.3, 0.4) is 0 Å². The summed E-state index contributed by atoms with van der Waals surface area (Å²) >= 11 is 0. The molecule has 0 saturated carbocycles. The van der Waals surface area contributed by atoms with Gasteiger partial charge in [0.1, 0.15) is 11.5 Å². The van der Waals surface area contributed by atoms with Gasteiger partial charge in [-0.3, -0.25) is 14.6 Å². The molecule has 0 aliphatic carbocycles. The number of anilines is 2. The van der Waals surface area contributed by atoms with Gasteiger partial charge in [0, 0.05) is 69.9 Å². The molecular formula is C27H33N7O2. The maximum absolute atomic E-state index is 13.2. The van der Waals surface area contributed by atoms with Gasteiger partial charge >= 0.3 is 0 Å². The van der Waals surface area contributed by atoms with E-state index >= 15 is 0 Å². The minimum atomic E-state index is -0.0392. The van der Waals surface area contributed by atoms with E-state index < -0.39 is 0 Å². The highest BCUT2D eigenvalue weighted by Crippen LogP contribution is 2.32. The molecule has 36 heavy (non-hydrogen) atoms. The molecule has 0 spiro atoms. The number of hydrogen-bond acceptors (Lipinski definition) is 7. The fraction of sp³-hybridized carbons (Fsp3) is 0.444. The number of pyridine rings is 1. The molecular weight excluding hydrogens is 454 g/mol. The lowest BCUT2D eigenvalue weighted by Crippen LogP contribution is -2.48. The predicted molar refractivity (Wildman–Crippen MR) is 140 cm³/mol. The van der Waals surface area contributed by atoms with Crippen LogP contribution >= 0.6 is 0 Å². The second-order valence-electron chi connectivity index (χ2n) is 9.90. The zero-order valence-electron chi connectivity index (χ0n) is 21.4. The third kappa shape index (κ3) is 4.57. The highest BCUT2D eigenvalue weighted by Gasteiger charge is 2.36. The van der Waals surface area contributed by atoms with Crippen LogP contribution in [-0.2, 0) is 17.8 Å². The Morgan fingerprint density at radius 3 is 2.61 bits per heavy atom. The molecule has 9 heteroatoms. The lowest BCUT2D eigenvalue weighted by Gasteiger charge is -2.34. The van der Waals surface area contributed by atoms with Gasteiger partial charge in [-0.2, -0.15) is 4.98 Å². The van der Waals surface area contributed by atoms with Gasteiger partial charge in [0.15, 0.2) is 0 Å². The number of hydrogen-bond donors (Lipinski definition) is 0. The van der Waals surface area contributed by atoms with E-state index in [4.69, 9.17) is 9.97 Å². The summed E-state index contributed by atoms with van der Waals surface area (Å²) in [4.78, 5) is 47.0. The third-order valence-corrected chi connectivity index (χ3v) is 7.16. The number of carbonyl (C=O) groups is 2. The highest BCUT2D eigenvalue weighted by atomic mass is 16.2. The summed E-state index contributed by atoms with van der Waals surface area (Å²) in [5.41, 5.74) is 3.62. The van der Waals surface area contributed by atoms with Crippen LogP contribution in [0.15, 0.2) is 36.5 Å². The van der Waals surface area contributed by atoms with E-state index in [9.17, 15) is 9.59 Å². The number of carbonyl (C=O) groups excluding carboxylic acids is 2. The molecule has 1 aromatic carbocycles. The van der Waals surface area contributed by atoms with E-state index in [0.29, 0.717) is 44.4 Å². The Bertz CT molecular complexity index is 1300. The molecule has 0 unspecified atom stereocenters. The van der Waals surface area contributed by atoms with Crippen molar-refractivity contribution in [3.8, 4) is 0 Å². The fourth-order valence-electron chi connectivity index (χ4n) is 4.94. The minimum Gasteiger partial charge on any atom is -0.359 e. The highest BCUT2D eigenvalue weighted by molar-refractivity contribution is 5.98. The summed E-state index contributed by atoms with van der Waals surface area (Å²) in [6, 6.07) is 10.5. The van der Waals surface area contributed by atoms with Gasteiger partial charge in [-0.05, 0) is 44.0 Å². The molecule has 5 rings (SSSR count). The monoisotopic (exact) mass is 487 g/mol. The average Bonchev–Trinajstić information content (AvgIpc) is 3.23. The molecule has 0 N–H and O–H groups in total. The van der Waals surface area contributed by atoms with E-state index in [1.807, 2.05) is 43.0 Å². The van der Waals surface area contributed by atoms with Gasteiger partial charge in [-0.15, -0.1) is 0 Å². The van der Waals surface area contributed by atoms with Crippen LogP contribution in [0.5, 0.6) is 0 Å². The fourth-order valence-corrected chi connectivity index (χ4v) is 4.94. The van der Waals surface area contributed by atoms with Crippen LogP contribution in [0.1, 0.15) is 42.4 Å². The smallest absolute Gasteiger partial charge is 0.273 e. The van der Waals surface area contributed by atoms with Gasteiger partial charge in [-0.1, -0.05) is 12.1 Å². The Morgan fingerprint density at radius 1 is 1.11 bits per heavy atom. The Balaban J connectivity index is 1.41. The average molecular weight is 488 g/mol. The summed E-state index contributed by atoms with van der Waals surface area (Å²) in [7, 11) is 2.03. The zero-order chi connectivity index (χ0) is 25.4. The van der Waals surface area contributed by atoms with Crippen molar-refractivity contribution >= 4 is 34.5 Å². The van der Waals surface area contributed by atoms with Crippen LogP contribution < -0.4 is 9.80 Å². The van der Waals surface area contributed by atoms with Crippen molar-refractivity contribution in [1.29, 1.82) is 0 Å². The quantitative estimate of drug-likeness (QED) is 0.529. The maximum Gasteiger partial charge on any atom is 0.273 e. The first kappa shape index (κ1) is 24.0. The molecule has 2 amide bonds. The standard InChI is InChI=1S/C27H33N7O2/c1-18(2)34-17-22-24(26(34)36)29-27(33-14-12-32(13-15-33)19(3)35)30-25(22)31(4)11-9-20-7-8-23-21(16-20)6-5-10-28-23/h5-8,10,16,18H,9,11-15,17H2,1-4H3. The Hall–Kier alpha value is -3.75. The second-order valence-corrected chi connectivity index (χ2v) is 9.90. The Kier molecular flexibility index (Phi) is 6.47. The van der Waals surface area contributed by atoms with E-state index in [1.54, 1.807) is 6.92 Å². The lowest BCUT2D eigenvalue weighted by molar-refractivity contribution is -0.129. The van der Waals surface area contributed by atoms with Crippen molar-refractivity contribution in [2.24, 2.45) is 0 Å². The first-order valence-corrected chi connectivity index (χ1v) is 12.6. The summed E-state index contributed by atoms with van der Waals surface area (Å²) < 4.78 is 0. The van der Waals surface area contributed by atoms with E-state index in [-0.39, 0.29) is 17.9 Å².